The second-order valence-electron chi connectivity index (χ2n) is 13.1. The van der Waals surface area contributed by atoms with E-state index >= 15 is 0 Å². The van der Waals surface area contributed by atoms with E-state index in [4.69, 9.17) is 5.73 Å². The maximum Gasteiger partial charge on any atom is 0.235 e. The average Bonchev–Trinajstić information content (AvgIpc) is 2.99. The molecular weight excluding hydrogens is 586 g/mol. The molecule has 2 fully saturated rings. The van der Waals surface area contributed by atoms with Crippen LogP contribution >= 0.6 is 0 Å². The summed E-state index contributed by atoms with van der Waals surface area (Å²) in [6, 6.07) is 18.2. The Labute approximate surface area is 266 Å². The fourth-order valence-corrected chi connectivity index (χ4v) is 7.85. The van der Waals surface area contributed by atoms with Crippen LogP contribution in [0.15, 0.2) is 60.7 Å². The summed E-state index contributed by atoms with van der Waals surface area (Å²) in [4.78, 5) is 68.5. The summed E-state index contributed by atoms with van der Waals surface area (Å²) < 4.78 is 0. The van der Waals surface area contributed by atoms with Crippen molar-refractivity contribution >= 4 is 29.0 Å². The van der Waals surface area contributed by atoms with E-state index in [1.165, 1.54) is 22.1 Å². The van der Waals surface area contributed by atoms with Gasteiger partial charge in [0.05, 0.1) is 17.5 Å². The number of likely N-dealkylation sites (N-methyl/N-ethyl adjacent to an activating group) is 1. The topological polar surface area (TPSA) is 167 Å². The molecule has 0 aliphatic heterocycles. The number of ketones is 4. The second kappa shape index (κ2) is 11.7. The third kappa shape index (κ3) is 4.97. The number of Topliss-reactive ketones (excluding diaryl/α,β-unsaturated/α-hetero) is 4. The number of aryl methyl sites for hydroxylation is 1. The molecule has 6 unspecified atom stereocenters. The summed E-state index contributed by atoms with van der Waals surface area (Å²) in [6.07, 6.45) is 0.208. The molecule has 0 aromatic heterocycles. The maximum atomic E-state index is 14.0. The molecule has 10 nitrogen and oxygen atoms in total. The average molecular weight is 624 g/mol. The van der Waals surface area contributed by atoms with Crippen molar-refractivity contribution in [3.05, 3.63) is 88.5 Å². The highest BCUT2D eigenvalue weighted by Crippen LogP contribution is 2.51. The lowest BCUT2D eigenvalue weighted by atomic mass is 9.52. The predicted octanol–water partition coefficient (Wildman–Crippen LogP) is 2.13. The van der Waals surface area contributed by atoms with Crippen molar-refractivity contribution in [2.45, 2.75) is 44.5 Å². The molecule has 238 valence electrons. The number of hydrogen-bond acceptors (Lipinski definition) is 9. The number of carbonyl (C=O) groups excluding carboxylic acids is 5. The highest BCUT2D eigenvalue weighted by atomic mass is 16.3. The first-order valence-electron chi connectivity index (χ1n) is 15.4. The minimum absolute atomic E-state index is 0.00450. The van der Waals surface area contributed by atoms with Gasteiger partial charge in [-0.15, -0.1) is 0 Å². The van der Waals surface area contributed by atoms with E-state index in [2.05, 4.69) is 30.4 Å². The zero-order chi connectivity index (χ0) is 33.1. The second-order valence-corrected chi connectivity index (χ2v) is 13.1. The Kier molecular flexibility index (Phi) is 8.00. The molecule has 5 N–H and O–H groups in total. The Morgan fingerprint density at radius 3 is 2.33 bits per heavy atom. The quantitative estimate of drug-likeness (QED) is 0.288. The lowest BCUT2D eigenvalue weighted by Crippen LogP contribution is -2.74. The lowest BCUT2D eigenvalue weighted by Gasteiger charge is -2.52. The van der Waals surface area contributed by atoms with Gasteiger partial charge in [0.15, 0.2) is 34.7 Å². The van der Waals surface area contributed by atoms with E-state index in [1.54, 1.807) is 20.2 Å². The molecule has 0 bridgehead atoms. The van der Waals surface area contributed by atoms with Crippen LogP contribution in [0.25, 0.3) is 11.1 Å². The number of aromatic hydroxyl groups is 1. The van der Waals surface area contributed by atoms with Crippen molar-refractivity contribution in [1.82, 2.24) is 10.2 Å². The molecule has 46 heavy (non-hydrogen) atoms. The van der Waals surface area contributed by atoms with E-state index in [9.17, 15) is 34.2 Å². The zero-order valence-electron chi connectivity index (χ0n) is 25.9. The summed E-state index contributed by atoms with van der Waals surface area (Å²) in [5, 5.41) is 26.1. The van der Waals surface area contributed by atoms with Gasteiger partial charge in [0.2, 0.25) is 5.91 Å². The van der Waals surface area contributed by atoms with Crippen LogP contribution < -0.4 is 11.1 Å². The van der Waals surface area contributed by atoms with E-state index in [0.29, 0.717) is 12.1 Å². The van der Waals surface area contributed by atoms with Gasteiger partial charge in [-0.25, -0.2) is 0 Å². The number of nitrogens with zero attached hydrogens (tertiary/aromatic N) is 1. The highest BCUT2D eigenvalue weighted by Gasteiger charge is 2.69. The number of hydrogen-bond donors (Lipinski definition) is 4. The third-order valence-electron chi connectivity index (χ3n) is 9.95. The van der Waals surface area contributed by atoms with Gasteiger partial charge in [-0.2, -0.15) is 0 Å². The molecule has 6 atom stereocenters. The number of phenolic OH excluding ortho intramolecular Hbond substituents is 1. The van der Waals surface area contributed by atoms with Gasteiger partial charge in [-0.3, -0.25) is 28.9 Å². The Bertz CT molecular complexity index is 1780. The molecular formula is C36H37N3O7. The fourth-order valence-electron chi connectivity index (χ4n) is 7.85. The number of carbonyl (C=O) groups is 5. The van der Waals surface area contributed by atoms with Crippen LogP contribution in [0.3, 0.4) is 0 Å². The standard InChI is InChI=1S/C36H37N3O7/c1-18-5-4-6-20(13-18)17-38-16-19-7-9-21(10-8-19)23-11-12-26(40)28-24(23)14-22-15-25-30(39(2)3)32(42)29(35(37)45)34(44)36(25,46)33(43)27(22)31(28)41/h4-13,22,25,27,29-30,38,40,46H,14-17H2,1-3H3,(H2,37,45). The van der Waals surface area contributed by atoms with Crippen molar-refractivity contribution in [1.29, 1.82) is 0 Å². The summed E-state index contributed by atoms with van der Waals surface area (Å²) in [6.45, 7) is 3.43. The smallest absolute Gasteiger partial charge is 0.235 e. The molecule has 1 amide bonds. The molecule has 0 saturated heterocycles. The van der Waals surface area contributed by atoms with E-state index < -0.39 is 64.4 Å². The number of primary amides is 1. The van der Waals surface area contributed by atoms with Gasteiger partial charge in [-0.05, 0) is 73.7 Å². The van der Waals surface area contributed by atoms with Crippen molar-refractivity contribution in [3.8, 4) is 16.9 Å². The normalized spacial score (nSPS) is 27.3. The first-order valence-corrected chi connectivity index (χ1v) is 15.4. The first-order chi connectivity index (χ1) is 21.8. The Morgan fingerprint density at radius 2 is 1.67 bits per heavy atom. The largest absolute Gasteiger partial charge is 0.507 e. The molecule has 3 aliphatic rings. The molecule has 0 spiro atoms. The van der Waals surface area contributed by atoms with Crippen LogP contribution in [0.1, 0.15) is 39.0 Å². The summed E-state index contributed by atoms with van der Waals surface area (Å²) in [5.41, 5.74) is 8.20. The van der Waals surface area contributed by atoms with Gasteiger partial charge in [-0.1, -0.05) is 60.2 Å². The number of benzene rings is 3. The van der Waals surface area contributed by atoms with Crippen molar-refractivity contribution < 1.29 is 34.2 Å². The monoisotopic (exact) mass is 623 g/mol. The van der Waals surface area contributed by atoms with Crippen LogP contribution in [-0.4, -0.2) is 69.9 Å². The summed E-state index contributed by atoms with van der Waals surface area (Å²) >= 11 is 0. The van der Waals surface area contributed by atoms with Gasteiger partial charge in [0, 0.05) is 19.0 Å². The Balaban J connectivity index is 1.31. The molecule has 3 aromatic rings. The van der Waals surface area contributed by atoms with E-state index in [-0.39, 0.29) is 24.2 Å². The van der Waals surface area contributed by atoms with Crippen LogP contribution in [0, 0.1) is 30.6 Å². The first kappa shape index (κ1) is 31.5. The minimum atomic E-state index is -2.74. The van der Waals surface area contributed by atoms with E-state index in [1.807, 2.05) is 30.3 Å². The van der Waals surface area contributed by atoms with Crippen LogP contribution in [0.4, 0.5) is 0 Å². The van der Waals surface area contributed by atoms with Gasteiger partial charge < -0.3 is 21.3 Å². The number of nitrogens with one attached hydrogen (secondary N) is 1. The van der Waals surface area contributed by atoms with Gasteiger partial charge in [0.25, 0.3) is 0 Å². The minimum Gasteiger partial charge on any atom is -0.507 e. The van der Waals surface area contributed by atoms with Crippen LogP contribution in [-0.2, 0) is 38.7 Å². The number of nitrogens with two attached hydrogens (primary N) is 1. The Hall–Kier alpha value is -4.51. The molecule has 6 rings (SSSR count). The lowest BCUT2D eigenvalue weighted by molar-refractivity contribution is -0.181. The number of aliphatic hydroxyl groups is 1. The molecule has 0 radical (unpaired) electrons. The number of amides is 1. The molecule has 0 heterocycles. The van der Waals surface area contributed by atoms with Crippen molar-refractivity contribution in [2.75, 3.05) is 14.1 Å². The van der Waals surface area contributed by atoms with Crippen molar-refractivity contribution in [3.63, 3.8) is 0 Å². The predicted molar refractivity (Wildman–Crippen MR) is 169 cm³/mol. The molecule has 3 aromatic carbocycles. The molecule has 2 saturated carbocycles. The Morgan fingerprint density at radius 1 is 0.978 bits per heavy atom. The highest BCUT2D eigenvalue weighted by molar-refractivity contribution is 6.32. The maximum absolute atomic E-state index is 14.0. The van der Waals surface area contributed by atoms with Crippen LogP contribution in [0.5, 0.6) is 5.75 Å². The third-order valence-corrected chi connectivity index (χ3v) is 9.95. The SMILES string of the molecule is Cc1cccc(CNCc2ccc(-c3ccc(O)c4c3CC3CC5C(N(C)C)C(=O)C(C(N)=O)C(=O)C5(O)C(=O)C3C4=O)cc2)c1. The summed E-state index contributed by atoms with van der Waals surface area (Å²) in [5.74, 6) is -10.6. The fraction of sp³-hybridized carbons (Fsp3) is 0.361. The molecule has 3 aliphatic carbocycles. The number of rotatable bonds is 7. The molecule has 10 heteroatoms. The van der Waals surface area contributed by atoms with Gasteiger partial charge >= 0.3 is 0 Å². The van der Waals surface area contributed by atoms with Crippen molar-refractivity contribution in [2.24, 2.45) is 29.4 Å². The number of fused-ring (bicyclic) bond motifs is 3. The van der Waals surface area contributed by atoms with Gasteiger partial charge in [0.1, 0.15) is 5.75 Å². The number of phenols is 1. The zero-order valence-corrected chi connectivity index (χ0v) is 25.9. The van der Waals surface area contributed by atoms with E-state index in [0.717, 1.165) is 23.2 Å². The summed E-state index contributed by atoms with van der Waals surface area (Å²) in [7, 11) is 3.12. The van der Waals surface area contributed by atoms with Crippen LogP contribution in [0.2, 0.25) is 0 Å².